The monoisotopic (exact) mass is 774 g/mol. The summed E-state index contributed by atoms with van der Waals surface area (Å²) in [5.74, 6) is 0.588. The van der Waals surface area contributed by atoms with Gasteiger partial charge in [0.05, 0.1) is 12.5 Å². The lowest BCUT2D eigenvalue weighted by atomic mass is 9.99. The molecule has 0 aliphatic carbocycles. The van der Waals surface area contributed by atoms with Crippen molar-refractivity contribution in [2.75, 3.05) is 19.8 Å². The summed E-state index contributed by atoms with van der Waals surface area (Å²) >= 11 is 0. The van der Waals surface area contributed by atoms with E-state index in [1.54, 1.807) is 0 Å². The zero-order chi connectivity index (χ0) is 40.3. The van der Waals surface area contributed by atoms with Crippen LogP contribution in [0.3, 0.4) is 0 Å². The van der Waals surface area contributed by atoms with E-state index in [1.165, 1.54) is 28.7 Å². The van der Waals surface area contributed by atoms with Crippen molar-refractivity contribution in [1.82, 2.24) is 0 Å². The van der Waals surface area contributed by atoms with Gasteiger partial charge in [0.25, 0.3) is 0 Å². The fourth-order valence-electron chi connectivity index (χ4n) is 4.08. The van der Waals surface area contributed by atoms with Gasteiger partial charge in [-0.2, -0.15) is 0 Å². The SMILES string of the molecule is C.CCOCCOC(=O)[C@H](C)CC.CC[C@@H](C)c1ccccc1.CC[n+]1ccc(-c2cc[n+](Cc3ccccc3)cc2)cc1.F[B-](F)(F)F.F[B-](F)(F)F. The standard InChI is InChI=1S/C19H20N2.C10H14.C9H18O3.CH4.2BF4/c1-2-20-12-8-18(9-13-20)19-10-14-21(15-11-19)16-17-6-4-3-5-7-17;1-3-9(2)10-7-5-4-6-8-10;1-4-8(3)9(10)12-7-6-11-5-2;;2*2-1(3,4)5/h3-15H,2,16H2,1H3;4-9H,3H2,1-2H3;8H,4-7H2,1-3H3;1H4;;/q+2;;;;2*-1/t;9-;8-;;;/m.11.../s1. The van der Waals surface area contributed by atoms with Crippen LogP contribution in [0.15, 0.2) is 110 Å². The molecule has 4 aromatic rings. The van der Waals surface area contributed by atoms with Gasteiger partial charge >= 0.3 is 20.5 Å². The Bertz CT molecular complexity index is 1460. The highest BCUT2D eigenvalue weighted by molar-refractivity contribution is 6.50. The molecule has 2 aromatic carbocycles. The van der Waals surface area contributed by atoms with Crippen molar-refractivity contribution in [2.45, 2.75) is 80.8 Å². The van der Waals surface area contributed by atoms with E-state index in [-0.39, 0.29) is 19.3 Å². The first-order valence-electron chi connectivity index (χ1n) is 17.5. The Kier molecular flexibility index (Phi) is 28.0. The molecule has 15 heteroatoms. The molecule has 0 bridgehead atoms. The van der Waals surface area contributed by atoms with E-state index in [0.29, 0.717) is 25.7 Å². The van der Waals surface area contributed by atoms with E-state index in [1.807, 2.05) is 20.8 Å². The van der Waals surface area contributed by atoms with E-state index in [0.717, 1.165) is 19.5 Å². The number of hydrogen-bond acceptors (Lipinski definition) is 3. The molecular weight excluding hydrogens is 718 g/mol. The second kappa shape index (κ2) is 29.1. The van der Waals surface area contributed by atoms with Crippen LogP contribution in [0, 0.1) is 5.92 Å². The largest absolute Gasteiger partial charge is 0.673 e. The maximum Gasteiger partial charge on any atom is 0.673 e. The van der Waals surface area contributed by atoms with E-state index < -0.39 is 14.5 Å². The van der Waals surface area contributed by atoms with Crippen LogP contribution in [-0.4, -0.2) is 40.3 Å². The summed E-state index contributed by atoms with van der Waals surface area (Å²) in [5, 5.41) is 0. The number of benzene rings is 2. The highest BCUT2D eigenvalue weighted by Gasteiger charge is 2.21. The minimum atomic E-state index is -6.00. The van der Waals surface area contributed by atoms with Crippen LogP contribution < -0.4 is 9.13 Å². The molecule has 5 nitrogen and oxygen atoms in total. The zero-order valence-electron chi connectivity index (χ0n) is 31.3. The fraction of sp³-hybridized carbons (Fsp3) is 0.410. The minimum absolute atomic E-state index is 0. The molecule has 0 spiro atoms. The molecule has 0 saturated carbocycles. The summed E-state index contributed by atoms with van der Waals surface area (Å²) in [4.78, 5) is 11.1. The third-order valence-corrected chi connectivity index (χ3v) is 7.36. The summed E-state index contributed by atoms with van der Waals surface area (Å²) < 4.78 is 92.3. The van der Waals surface area contributed by atoms with Gasteiger partial charge in [0.1, 0.15) is 13.2 Å². The molecule has 0 N–H and O–H groups in total. The highest BCUT2D eigenvalue weighted by Crippen LogP contribution is 2.17. The third kappa shape index (κ3) is 29.2. The van der Waals surface area contributed by atoms with Crippen molar-refractivity contribution < 1.29 is 57.9 Å². The lowest BCUT2D eigenvalue weighted by Crippen LogP contribution is -2.33. The van der Waals surface area contributed by atoms with Gasteiger partial charge in [-0.05, 0) is 49.3 Å². The predicted molar refractivity (Wildman–Crippen MR) is 203 cm³/mol. The normalized spacial score (nSPS) is 11.5. The first-order valence-corrected chi connectivity index (χ1v) is 17.5. The zero-order valence-corrected chi connectivity index (χ0v) is 31.3. The van der Waals surface area contributed by atoms with Crippen molar-refractivity contribution in [3.05, 3.63) is 121 Å². The number of ether oxygens (including phenoxy) is 2. The van der Waals surface area contributed by atoms with E-state index in [9.17, 15) is 39.3 Å². The number of nitrogens with zero attached hydrogens (tertiary/aromatic N) is 2. The first-order chi connectivity index (χ1) is 24.9. The number of pyridine rings is 2. The Morgan fingerprint density at radius 2 is 1.06 bits per heavy atom. The Labute approximate surface area is 316 Å². The Hall–Kier alpha value is -4.26. The van der Waals surface area contributed by atoms with Crippen molar-refractivity contribution >= 4 is 20.5 Å². The van der Waals surface area contributed by atoms with Crippen molar-refractivity contribution in [3.63, 3.8) is 0 Å². The molecular formula is C39H56B2F8N2O3. The van der Waals surface area contributed by atoms with Crippen LogP contribution in [0.2, 0.25) is 0 Å². The lowest BCUT2D eigenvalue weighted by Gasteiger charge is -2.08. The summed E-state index contributed by atoms with van der Waals surface area (Å²) in [5.41, 5.74) is 5.28. The number of carbonyl (C=O) groups is 1. The summed E-state index contributed by atoms with van der Waals surface area (Å²) in [6, 6.07) is 29.8. The molecule has 302 valence electrons. The van der Waals surface area contributed by atoms with E-state index in [4.69, 9.17) is 9.47 Å². The molecule has 0 unspecified atom stereocenters. The number of aromatic nitrogens is 2. The predicted octanol–water partition coefficient (Wildman–Crippen LogP) is 11.0. The van der Waals surface area contributed by atoms with Crippen molar-refractivity contribution in [3.8, 4) is 11.1 Å². The third-order valence-electron chi connectivity index (χ3n) is 7.36. The van der Waals surface area contributed by atoms with Gasteiger partial charge in [-0.15, -0.1) is 0 Å². The molecule has 0 radical (unpaired) electrons. The number of aryl methyl sites for hydroxylation is 1. The molecule has 0 aliphatic rings. The first kappa shape index (κ1) is 51.8. The van der Waals surface area contributed by atoms with Gasteiger partial charge in [0, 0.05) is 36.4 Å². The molecule has 2 heterocycles. The number of halogens is 8. The van der Waals surface area contributed by atoms with Crippen molar-refractivity contribution in [1.29, 1.82) is 0 Å². The number of rotatable bonds is 12. The van der Waals surface area contributed by atoms with Crippen molar-refractivity contribution in [2.24, 2.45) is 5.92 Å². The van der Waals surface area contributed by atoms with Gasteiger partial charge in [0.15, 0.2) is 31.3 Å². The maximum absolute atomic E-state index is 11.1. The van der Waals surface area contributed by atoms with Crippen LogP contribution in [0.1, 0.15) is 78.9 Å². The molecule has 0 fully saturated rings. The second-order valence-corrected chi connectivity index (χ2v) is 11.5. The van der Waals surface area contributed by atoms with Crippen LogP contribution in [0.5, 0.6) is 0 Å². The Morgan fingerprint density at radius 3 is 1.44 bits per heavy atom. The van der Waals surface area contributed by atoms with Gasteiger partial charge in [-0.25, -0.2) is 9.13 Å². The summed E-state index contributed by atoms with van der Waals surface area (Å²) in [6.45, 7) is 15.8. The molecule has 2 atom stereocenters. The number of carbonyl (C=O) groups excluding carboxylic acids is 1. The summed E-state index contributed by atoms with van der Waals surface area (Å²) in [6.07, 6.45) is 10.6. The average Bonchev–Trinajstić information content (AvgIpc) is 3.13. The molecule has 0 amide bonds. The average molecular weight is 774 g/mol. The number of esters is 1. The Morgan fingerprint density at radius 1 is 0.630 bits per heavy atom. The smallest absolute Gasteiger partial charge is 0.463 e. The molecule has 0 aliphatic heterocycles. The van der Waals surface area contributed by atoms with Crippen LogP contribution in [-0.2, 0) is 27.4 Å². The van der Waals surface area contributed by atoms with Gasteiger partial charge in [-0.3, -0.25) is 4.79 Å². The molecule has 54 heavy (non-hydrogen) atoms. The number of hydrogen-bond donors (Lipinski definition) is 0. The second-order valence-electron chi connectivity index (χ2n) is 11.5. The molecule has 0 saturated heterocycles. The fourth-order valence-corrected chi connectivity index (χ4v) is 4.08. The highest BCUT2D eigenvalue weighted by atomic mass is 19.5. The topological polar surface area (TPSA) is 43.3 Å². The van der Waals surface area contributed by atoms with Gasteiger partial charge in [-0.1, -0.05) is 95.8 Å². The summed E-state index contributed by atoms with van der Waals surface area (Å²) in [7, 11) is -12.0. The van der Waals surface area contributed by atoms with Gasteiger partial charge in [0.2, 0.25) is 0 Å². The van der Waals surface area contributed by atoms with Gasteiger partial charge < -0.3 is 44.0 Å². The van der Waals surface area contributed by atoms with E-state index in [2.05, 4.69) is 140 Å². The minimum Gasteiger partial charge on any atom is -0.463 e. The maximum atomic E-state index is 11.1. The van der Waals surface area contributed by atoms with Crippen LogP contribution in [0.25, 0.3) is 11.1 Å². The van der Waals surface area contributed by atoms with Crippen LogP contribution >= 0.6 is 0 Å². The quantitative estimate of drug-likeness (QED) is 0.0473. The van der Waals surface area contributed by atoms with Crippen LogP contribution in [0.4, 0.5) is 34.5 Å². The lowest BCUT2D eigenvalue weighted by molar-refractivity contribution is -0.693. The molecule has 2 aromatic heterocycles. The molecule has 4 rings (SSSR count). The van der Waals surface area contributed by atoms with E-state index >= 15 is 0 Å². The Balaban J connectivity index is 0.